The van der Waals surface area contributed by atoms with Gasteiger partial charge in [-0.25, -0.2) is 4.98 Å². The van der Waals surface area contributed by atoms with E-state index in [1.165, 1.54) is 24.3 Å². The van der Waals surface area contributed by atoms with Crippen molar-refractivity contribution in [2.45, 2.75) is 6.54 Å². The van der Waals surface area contributed by atoms with E-state index in [4.69, 9.17) is 4.98 Å². The molecular formula is C27H21N3O4. The van der Waals surface area contributed by atoms with Gasteiger partial charge in [0.1, 0.15) is 0 Å². The van der Waals surface area contributed by atoms with Gasteiger partial charge in [-0.3, -0.25) is 4.79 Å². The van der Waals surface area contributed by atoms with Gasteiger partial charge in [0.05, 0.1) is 23.4 Å². The minimum atomic E-state index is -0.602. The maximum atomic E-state index is 12.4. The lowest BCUT2D eigenvalue weighted by Crippen LogP contribution is -2.21. The SMILES string of the molecule is O=C(/C=C/c1cc(O)c(O)c(O)c1)NCc1cc2c([nH]c3ccccc32)c(-c2ccccc2)n1. The fourth-order valence-corrected chi connectivity index (χ4v) is 3.92. The first kappa shape index (κ1) is 21.1. The number of rotatable bonds is 5. The fourth-order valence-electron chi connectivity index (χ4n) is 3.92. The van der Waals surface area contributed by atoms with E-state index < -0.39 is 17.2 Å². The molecule has 168 valence electrons. The molecule has 7 heteroatoms. The molecule has 0 atom stereocenters. The molecule has 7 nitrogen and oxygen atoms in total. The number of phenols is 3. The maximum Gasteiger partial charge on any atom is 0.244 e. The van der Waals surface area contributed by atoms with Crippen molar-refractivity contribution in [3.63, 3.8) is 0 Å². The van der Waals surface area contributed by atoms with Gasteiger partial charge in [-0.2, -0.15) is 0 Å². The number of nitrogens with zero attached hydrogens (tertiary/aromatic N) is 1. The molecule has 34 heavy (non-hydrogen) atoms. The van der Waals surface area contributed by atoms with E-state index in [0.717, 1.165) is 33.1 Å². The zero-order valence-electron chi connectivity index (χ0n) is 18.0. The molecule has 0 bridgehead atoms. The smallest absolute Gasteiger partial charge is 0.244 e. The summed E-state index contributed by atoms with van der Waals surface area (Å²) >= 11 is 0. The minimum Gasteiger partial charge on any atom is -0.504 e. The highest BCUT2D eigenvalue weighted by atomic mass is 16.3. The van der Waals surface area contributed by atoms with Crippen molar-refractivity contribution in [3.8, 4) is 28.5 Å². The van der Waals surface area contributed by atoms with Gasteiger partial charge in [-0.1, -0.05) is 48.5 Å². The summed E-state index contributed by atoms with van der Waals surface area (Å²) in [6.07, 6.45) is 2.72. The van der Waals surface area contributed by atoms with Gasteiger partial charge >= 0.3 is 0 Å². The molecule has 0 spiro atoms. The molecule has 0 unspecified atom stereocenters. The predicted octanol–water partition coefficient (Wildman–Crippen LogP) is 4.83. The van der Waals surface area contributed by atoms with Crippen LogP contribution in [0.4, 0.5) is 0 Å². The third-order valence-electron chi connectivity index (χ3n) is 5.56. The second kappa shape index (κ2) is 8.63. The number of nitrogens with one attached hydrogen (secondary N) is 2. The summed E-state index contributed by atoms with van der Waals surface area (Å²) in [7, 11) is 0. The van der Waals surface area contributed by atoms with Gasteiger partial charge in [-0.05, 0) is 35.9 Å². The minimum absolute atomic E-state index is 0.213. The number of H-pyrrole nitrogens is 1. The highest BCUT2D eigenvalue weighted by Crippen LogP contribution is 2.36. The van der Waals surface area contributed by atoms with Crippen LogP contribution in [0.1, 0.15) is 11.3 Å². The molecule has 0 aliphatic heterocycles. The number of aromatic hydroxyl groups is 3. The molecular weight excluding hydrogens is 430 g/mol. The Bertz CT molecular complexity index is 1530. The van der Waals surface area contributed by atoms with Gasteiger partial charge in [0.15, 0.2) is 17.2 Å². The van der Waals surface area contributed by atoms with Crippen LogP contribution in [0.5, 0.6) is 17.2 Å². The van der Waals surface area contributed by atoms with Crippen molar-refractivity contribution in [2.24, 2.45) is 0 Å². The lowest BCUT2D eigenvalue weighted by molar-refractivity contribution is -0.116. The largest absolute Gasteiger partial charge is 0.504 e. The van der Waals surface area contributed by atoms with Crippen LogP contribution in [0.15, 0.2) is 78.9 Å². The monoisotopic (exact) mass is 451 g/mol. The average molecular weight is 451 g/mol. The average Bonchev–Trinajstić information content (AvgIpc) is 3.23. The lowest BCUT2D eigenvalue weighted by atomic mass is 10.1. The highest BCUT2D eigenvalue weighted by molar-refractivity contribution is 6.11. The predicted molar refractivity (Wildman–Crippen MR) is 131 cm³/mol. The molecule has 0 aliphatic carbocycles. The molecule has 0 radical (unpaired) electrons. The van der Waals surface area contributed by atoms with Crippen molar-refractivity contribution >= 4 is 33.8 Å². The Morgan fingerprint density at radius 3 is 2.38 bits per heavy atom. The topological polar surface area (TPSA) is 118 Å². The number of carbonyl (C=O) groups excluding carboxylic acids is 1. The van der Waals surface area contributed by atoms with E-state index in [1.807, 2.05) is 54.6 Å². The normalized spacial score (nSPS) is 11.4. The van der Waals surface area contributed by atoms with Gasteiger partial charge < -0.3 is 25.6 Å². The number of aromatic amines is 1. The Balaban J connectivity index is 1.44. The molecule has 5 N–H and O–H groups in total. The number of hydrogen-bond acceptors (Lipinski definition) is 5. The first-order chi connectivity index (χ1) is 16.5. The van der Waals surface area contributed by atoms with Gasteiger partial charge in [-0.15, -0.1) is 0 Å². The Labute approximate surface area is 194 Å². The molecule has 0 saturated carbocycles. The van der Waals surface area contributed by atoms with Crippen molar-refractivity contribution in [1.82, 2.24) is 15.3 Å². The second-order valence-corrected chi connectivity index (χ2v) is 7.88. The number of aromatic nitrogens is 2. The van der Waals surface area contributed by atoms with E-state index in [0.29, 0.717) is 11.3 Å². The number of carbonyl (C=O) groups is 1. The summed E-state index contributed by atoms with van der Waals surface area (Å²) in [5.74, 6) is -1.90. The van der Waals surface area contributed by atoms with E-state index in [1.54, 1.807) is 0 Å². The molecule has 0 fully saturated rings. The summed E-state index contributed by atoms with van der Waals surface area (Å²) in [4.78, 5) is 20.7. The van der Waals surface area contributed by atoms with Crippen LogP contribution >= 0.6 is 0 Å². The number of para-hydroxylation sites is 1. The number of phenolic OH excluding ortho intramolecular Hbond substituents is 3. The Hall–Kier alpha value is -4.78. The van der Waals surface area contributed by atoms with Gasteiger partial charge in [0.2, 0.25) is 5.91 Å². The van der Waals surface area contributed by atoms with Crippen LogP contribution in [-0.4, -0.2) is 31.2 Å². The molecule has 0 aliphatic rings. The van der Waals surface area contributed by atoms with Crippen LogP contribution in [0.3, 0.4) is 0 Å². The standard InChI is InChI=1S/C27H21N3O4/c31-22-12-16(13-23(32)27(22)34)10-11-24(33)28-15-18-14-20-19-8-4-5-9-21(19)30-26(20)25(29-18)17-6-2-1-3-7-17/h1-14,30-32,34H,15H2,(H,28,33)/b11-10+. The van der Waals surface area contributed by atoms with Gasteiger partial charge in [0, 0.05) is 27.9 Å². The number of pyridine rings is 1. The summed E-state index contributed by atoms with van der Waals surface area (Å²) in [6, 6.07) is 22.4. The van der Waals surface area contributed by atoms with Crippen LogP contribution in [0, 0.1) is 0 Å². The zero-order chi connectivity index (χ0) is 23.7. The number of hydrogen-bond donors (Lipinski definition) is 5. The third kappa shape index (κ3) is 4.02. The van der Waals surface area contributed by atoms with Crippen molar-refractivity contribution in [2.75, 3.05) is 0 Å². The highest BCUT2D eigenvalue weighted by Gasteiger charge is 2.13. The Morgan fingerprint density at radius 2 is 1.62 bits per heavy atom. The first-order valence-corrected chi connectivity index (χ1v) is 10.7. The van der Waals surface area contributed by atoms with Crippen LogP contribution in [0.2, 0.25) is 0 Å². The quantitative estimate of drug-likeness (QED) is 0.194. The summed E-state index contributed by atoms with van der Waals surface area (Å²) in [5.41, 5.74) is 4.81. The molecule has 5 aromatic rings. The summed E-state index contributed by atoms with van der Waals surface area (Å²) in [6.45, 7) is 0.213. The van der Waals surface area contributed by atoms with Crippen molar-refractivity contribution in [1.29, 1.82) is 0 Å². The van der Waals surface area contributed by atoms with Crippen molar-refractivity contribution in [3.05, 3.63) is 90.1 Å². The van der Waals surface area contributed by atoms with E-state index in [9.17, 15) is 20.1 Å². The Kier molecular flexibility index (Phi) is 5.35. The van der Waals surface area contributed by atoms with E-state index in [-0.39, 0.29) is 12.5 Å². The lowest BCUT2D eigenvalue weighted by Gasteiger charge is -2.08. The van der Waals surface area contributed by atoms with Gasteiger partial charge in [0.25, 0.3) is 0 Å². The molecule has 3 aromatic carbocycles. The van der Waals surface area contributed by atoms with Crippen LogP contribution < -0.4 is 5.32 Å². The molecule has 2 aromatic heterocycles. The first-order valence-electron chi connectivity index (χ1n) is 10.7. The number of amides is 1. The molecule has 5 rings (SSSR count). The molecule has 1 amide bonds. The van der Waals surface area contributed by atoms with Crippen LogP contribution in [-0.2, 0) is 11.3 Å². The third-order valence-corrected chi connectivity index (χ3v) is 5.56. The molecule has 2 heterocycles. The number of fused-ring (bicyclic) bond motifs is 3. The fraction of sp³-hybridized carbons (Fsp3) is 0.0370. The number of benzene rings is 3. The zero-order valence-corrected chi connectivity index (χ0v) is 18.0. The molecule has 0 saturated heterocycles. The Morgan fingerprint density at radius 1 is 0.912 bits per heavy atom. The summed E-state index contributed by atoms with van der Waals surface area (Å²) in [5, 5.41) is 33.6. The van der Waals surface area contributed by atoms with Crippen molar-refractivity contribution < 1.29 is 20.1 Å². The second-order valence-electron chi connectivity index (χ2n) is 7.88. The maximum absolute atomic E-state index is 12.4. The summed E-state index contributed by atoms with van der Waals surface area (Å²) < 4.78 is 0. The van der Waals surface area contributed by atoms with E-state index in [2.05, 4.69) is 16.4 Å². The van der Waals surface area contributed by atoms with E-state index >= 15 is 0 Å². The van der Waals surface area contributed by atoms with Crippen LogP contribution in [0.25, 0.3) is 39.1 Å².